The number of hydrogen-bond acceptors (Lipinski definition) is 5. The fourth-order valence-corrected chi connectivity index (χ4v) is 2.07. The van der Waals surface area contributed by atoms with Gasteiger partial charge >= 0.3 is 0 Å². The molecule has 7 heteroatoms. The van der Waals surface area contributed by atoms with Crippen LogP contribution in [0.15, 0.2) is 34.8 Å². The third-order valence-electron chi connectivity index (χ3n) is 2.56. The first kappa shape index (κ1) is 14.3. The van der Waals surface area contributed by atoms with Gasteiger partial charge in [-0.2, -0.15) is 0 Å². The number of rotatable bonds is 4. The Labute approximate surface area is 124 Å². The lowest BCUT2D eigenvalue weighted by Gasteiger charge is -2.08. The van der Waals surface area contributed by atoms with Crippen molar-refractivity contribution in [3.05, 3.63) is 40.5 Å². The van der Waals surface area contributed by atoms with Crippen molar-refractivity contribution in [3.8, 4) is 5.75 Å². The van der Waals surface area contributed by atoms with E-state index in [1.165, 1.54) is 0 Å². The highest BCUT2D eigenvalue weighted by atomic mass is 79.9. The van der Waals surface area contributed by atoms with Crippen LogP contribution in [-0.2, 0) is 0 Å². The number of nitrogens with one attached hydrogen (secondary N) is 2. The molecular weight excluding hydrogens is 324 g/mol. The van der Waals surface area contributed by atoms with Crippen LogP contribution in [0.25, 0.3) is 0 Å². The zero-order valence-corrected chi connectivity index (χ0v) is 12.6. The Kier molecular flexibility index (Phi) is 4.52. The molecule has 0 atom stereocenters. The summed E-state index contributed by atoms with van der Waals surface area (Å²) in [6, 6.07) is 8.55. The smallest absolute Gasteiger partial charge is 0.276 e. The number of halogens is 1. The molecule has 1 aromatic heterocycles. The van der Waals surface area contributed by atoms with E-state index in [2.05, 4.69) is 36.8 Å². The van der Waals surface area contributed by atoms with Crippen molar-refractivity contribution in [1.29, 1.82) is 0 Å². The Morgan fingerprint density at radius 2 is 2.05 bits per heavy atom. The lowest BCUT2D eigenvalue weighted by molar-refractivity contribution is 0.102. The van der Waals surface area contributed by atoms with Crippen LogP contribution >= 0.6 is 15.9 Å². The quantitative estimate of drug-likeness (QED) is 0.897. The maximum absolute atomic E-state index is 12.0. The molecule has 0 saturated heterocycles. The van der Waals surface area contributed by atoms with Crippen molar-refractivity contribution in [1.82, 2.24) is 10.2 Å². The van der Waals surface area contributed by atoms with Crippen LogP contribution < -0.4 is 15.4 Å². The van der Waals surface area contributed by atoms with E-state index < -0.39 is 0 Å². The van der Waals surface area contributed by atoms with Gasteiger partial charge < -0.3 is 15.4 Å². The molecule has 6 nitrogen and oxygen atoms in total. The van der Waals surface area contributed by atoms with E-state index in [1.54, 1.807) is 44.5 Å². The lowest BCUT2D eigenvalue weighted by Crippen LogP contribution is -2.14. The summed E-state index contributed by atoms with van der Waals surface area (Å²) in [5.74, 6) is 0.979. The molecule has 104 valence electrons. The molecule has 0 aliphatic rings. The summed E-state index contributed by atoms with van der Waals surface area (Å²) >= 11 is 3.36. The first-order valence-electron chi connectivity index (χ1n) is 5.80. The minimum absolute atomic E-state index is 0.246. The van der Waals surface area contributed by atoms with Crippen molar-refractivity contribution in [2.75, 3.05) is 24.8 Å². The third kappa shape index (κ3) is 3.24. The number of ether oxygens (including phenoxy) is 1. The summed E-state index contributed by atoms with van der Waals surface area (Å²) in [5, 5.41) is 13.3. The van der Waals surface area contributed by atoms with Crippen LogP contribution in [0.1, 0.15) is 10.5 Å². The van der Waals surface area contributed by atoms with Crippen LogP contribution in [-0.4, -0.2) is 30.3 Å². The van der Waals surface area contributed by atoms with E-state index in [1.807, 2.05) is 0 Å². The molecular formula is C13H13BrN4O2. The van der Waals surface area contributed by atoms with E-state index in [0.29, 0.717) is 17.3 Å². The van der Waals surface area contributed by atoms with Gasteiger partial charge in [0.25, 0.3) is 5.91 Å². The van der Waals surface area contributed by atoms with Crippen LogP contribution in [0.4, 0.5) is 11.5 Å². The predicted molar refractivity (Wildman–Crippen MR) is 80.2 cm³/mol. The van der Waals surface area contributed by atoms with E-state index in [-0.39, 0.29) is 11.6 Å². The van der Waals surface area contributed by atoms with Crippen LogP contribution in [0.5, 0.6) is 5.75 Å². The Morgan fingerprint density at radius 3 is 2.60 bits per heavy atom. The molecule has 1 aromatic carbocycles. The van der Waals surface area contributed by atoms with Gasteiger partial charge in [-0.25, -0.2) is 0 Å². The fourth-order valence-electron chi connectivity index (χ4n) is 1.53. The monoisotopic (exact) mass is 336 g/mol. The number of amides is 1. The fraction of sp³-hybridized carbons (Fsp3) is 0.154. The summed E-state index contributed by atoms with van der Waals surface area (Å²) in [7, 11) is 3.32. The first-order valence-corrected chi connectivity index (χ1v) is 6.59. The van der Waals surface area contributed by atoms with Gasteiger partial charge in [0.15, 0.2) is 5.69 Å². The second-order valence-electron chi connectivity index (χ2n) is 3.86. The highest BCUT2D eigenvalue weighted by Gasteiger charge is 2.09. The Balaban J connectivity index is 2.12. The molecule has 0 spiro atoms. The van der Waals surface area contributed by atoms with Crippen LogP contribution in [0.2, 0.25) is 0 Å². The second-order valence-corrected chi connectivity index (χ2v) is 4.71. The Bertz CT molecular complexity index is 616. The summed E-state index contributed by atoms with van der Waals surface area (Å²) in [6.45, 7) is 0. The number of carbonyl (C=O) groups excluding carboxylic acids is 1. The third-order valence-corrected chi connectivity index (χ3v) is 3.18. The van der Waals surface area contributed by atoms with Gasteiger partial charge in [0.1, 0.15) is 11.6 Å². The van der Waals surface area contributed by atoms with Crippen molar-refractivity contribution < 1.29 is 9.53 Å². The molecule has 2 rings (SSSR count). The molecule has 0 fully saturated rings. The number of benzene rings is 1. The molecule has 0 unspecified atom stereocenters. The maximum Gasteiger partial charge on any atom is 0.276 e. The topological polar surface area (TPSA) is 76.1 Å². The number of anilines is 2. The van der Waals surface area contributed by atoms with E-state index in [0.717, 1.165) is 4.47 Å². The minimum Gasteiger partial charge on any atom is -0.496 e. The molecule has 1 heterocycles. The zero-order valence-electron chi connectivity index (χ0n) is 11.0. The SMILES string of the molecule is CNc1ccc(C(=O)Nc2ccc(OC)c(Br)c2)nn1. The number of carbonyl (C=O) groups is 1. The molecule has 2 N–H and O–H groups in total. The summed E-state index contributed by atoms with van der Waals surface area (Å²) in [4.78, 5) is 12.0. The highest BCUT2D eigenvalue weighted by molar-refractivity contribution is 9.10. The summed E-state index contributed by atoms with van der Waals surface area (Å²) < 4.78 is 5.88. The zero-order chi connectivity index (χ0) is 14.5. The molecule has 0 aliphatic heterocycles. The highest BCUT2D eigenvalue weighted by Crippen LogP contribution is 2.27. The van der Waals surface area contributed by atoms with Crippen molar-refractivity contribution in [2.24, 2.45) is 0 Å². The number of hydrogen-bond donors (Lipinski definition) is 2. The molecule has 0 radical (unpaired) electrons. The molecule has 20 heavy (non-hydrogen) atoms. The minimum atomic E-state index is -0.322. The van der Waals surface area contributed by atoms with Crippen LogP contribution in [0, 0.1) is 0 Å². The van der Waals surface area contributed by atoms with E-state index in [9.17, 15) is 4.79 Å². The predicted octanol–water partition coefficient (Wildman–Crippen LogP) is 2.54. The maximum atomic E-state index is 12.0. The summed E-state index contributed by atoms with van der Waals surface area (Å²) in [6.07, 6.45) is 0. The van der Waals surface area contributed by atoms with Crippen molar-refractivity contribution >= 4 is 33.3 Å². The Morgan fingerprint density at radius 1 is 1.25 bits per heavy atom. The van der Waals surface area contributed by atoms with Gasteiger partial charge in [-0.1, -0.05) is 0 Å². The van der Waals surface area contributed by atoms with Gasteiger partial charge in [-0.05, 0) is 46.3 Å². The van der Waals surface area contributed by atoms with Gasteiger partial charge in [-0.15, -0.1) is 10.2 Å². The molecule has 2 aromatic rings. The standard InChI is InChI=1S/C13H13BrN4O2/c1-15-12-6-4-10(17-18-12)13(19)16-8-3-5-11(20-2)9(14)7-8/h3-7H,1-2H3,(H,15,18)(H,16,19). The number of aromatic nitrogens is 2. The van der Waals surface area contributed by atoms with Crippen LogP contribution in [0.3, 0.4) is 0 Å². The first-order chi connectivity index (χ1) is 9.63. The molecule has 0 saturated carbocycles. The van der Waals surface area contributed by atoms with Gasteiger partial charge in [0.05, 0.1) is 11.6 Å². The molecule has 1 amide bonds. The lowest BCUT2D eigenvalue weighted by atomic mass is 10.3. The molecule has 0 aliphatic carbocycles. The largest absolute Gasteiger partial charge is 0.496 e. The van der Waals surface area contributed by atoms with Crippen molar-refractivity contribution in [2.45, 2.75) is 0 Å². The van der Waals surface area contributed by atoms with E-state index in [4.69, 9.17) is 4.74 Å². The van der Waals surface area contributed by atoms with Gasteiger partial charge in [0, 0.05) is 12.7 Å². The Hall–Kier alpha value is -2.15. The van der Waals surface area contributed by atoms with Gasteiger partial charge in [0.2, 0.25) is 0 Å². The summed E-state index contributed by atoms with van der Waals surface area (Å²) in [5.41, 5.74) is 0.887. The molecule has 0 bridgehead atoms. The van der Waals surface area contributed by atoms with E-state index >= 15 is 0 Å². The second kappa shape index (κ2) is 6.33. The number of methoxy groups -OCH3 is 1. The van der Waals surface area contributed by atoms with Gasteiger partial charge in [-0.3, -0.25) is 4.79 Å². The van der Waals surface area contributed by atoms with Crippen molar-refractivity contribution in [3.63, 3.8) is 0 Å². The normalized spacial score (nSPS) is 9.95. The average Bonchev–Trinajstić information content (AvgIpc) is 2.47. The number of nitrogens with zero attached hydrogens (tertiary/aromatic N) is 2. The average molecular weight is 337 g/mol.